The third kappa shape index (κ3) is 2.55. The molecule has 76 valence electrons. The van der Waals surface area contributed by atoms with Gasteiger partial charge in [0.1, 0.15) is 0 Å². The molecule has 1 saturated heterocycles. The molecular formula is C12H18N2. The number of hydrogen-bond acceptors (Lipinski definition) is 2. The molecule has 14 heavy (non-hydrogen) atoms. The van der Waals surface area contributed by atoms with Crippen molar-refractivity contribution in [1.29, 1.82) is 0 Å². The number of aromatic nitrogens is 1. The van der Waals surface area contributed by atoms with E-state index >= 15 is 0 Å². The predicted molar refractivity (Wildman–Crippen MR) is 58.3 cm³/mol. The van der Waals surface area contributed by atoms with Gasteiger partial charge in [-0.1, -0.05) is 12.5 Å². The van der Waals surface area contributed by atoms with Gasteiger partial charge in [-0.15, -0.1) is 0 Å². The van der Waals surface area contributed by atoms with Crippen LogP contribution in [0.3, 0.4) is 0 Å². The molecule has 2 heteroatoms. The average molecular weight is 190 g/mol. The summed E-state index contributed by atoms with van der Waals surface area (Å²) in [6.07, 6.45) is 5.08. The minimum absolute atomic E-state index is 0.651. The van der Waals surface area contributed by atoms with Gasteiger partial charge in [0.25, 0.3) is 0 Å². The highest BCUT2D eigenvalue weighted by atomic mass is 14.9. The van der Waals surface area contributed by atoms with E-state index in [1.807, 2.05) is 0 Å². The van der Waals surface area contributed by atoms with Crippen molar-refractivity contribution < 1.29 is 0 Å². The van der Waals surface area contributed by atoms with Crippen molar-refractivity contribution in [1.82, 2.24) is 10.3 Å². The van der Waals surface area contributed by atoms with Gasteiger partial charge < -0.3 is 5.32 Å². The van der Waals surface area contributed by atoms with Gasteiger partial charge in [-0.05, 0) is 38.4 Å². The number of aryl methyl sites for hydroxylation is 1. The number of nitrogens with zero attached hydrogens (tertiary/aromatic N) is 1. The number of rotatable bonds is 2. The monoisotopic (exact) mass is 190 g/mol. The highest BCUT2D eigenvalue weighted by Crippen LogP contribution is 2.11. The van der Waals surface area contributed by atoms with Crippen LogP contribution in [-0.2, 0) is 6.42 Å². The lowest BCUT2D eigenvalue weighted by atomic mass is 10.0. The summed E-state index contributed by atoms with van der Waals surface area (Å²) in [5.74, 6) is 0. The molecule has 1 atom stereocenters. The van der Waals surface area contributed by atoms with E-state index in [9.17, 15) is 0 Å². The normalized spacial score (nSPS) is 22.2. The van der Waals surface area contributed by atoms with E-state index in [0.717, 1.165) is 12.1 Å². The van der Waals surface area contributed by atoms with Crippen LogP contribution in [0.15, 0.2) is 18.2 Å². The first-order chi connectivity index (χ1) is 6.84. The second-order valence-corrected chi connectivity index (χ2v) is 4.12. The Labute approximate surface area is 85.7 Å². The molecule has 2 heterocycles. The Morgan fingerprint density at radius 1 is 1.43 bits per heavy atom. The third-order valence-corrected chi connectivity index (χ3v) is 2.81. The van der Waals surface area contributed by atoms with Crippen LogP contribution in [0.2, 0.25) is 0 Å². The van der Waals surface area contributed by atoms with Crippen molar-refractivity contribution in [2.24, 2.45) is 0 Å². The second kappa shape index (κ2) is 4.56. The van der Waals surface area contributed by atoms with Gasteiger partial charge in [-0.3, -0.25) is 4.98 Å². The lowest BCUT2D eigenvalue weighted by molar-refractivity contribution is 0.397. The van der Waals surface area contributed by atoms with Crippen molar-refractivity contribution in [2.45, 2.75) is 38.6 Å². The second-order valence-electron chi connectivity index (χ2n) is 4.12. The first-order valence-electron chi connectivity index (χ1n) is 5.50. The predicted octanol–water partition coefficient (Wildman–Crippen LogP) is 2.07. The lowest BCUT2D eigenvalue weighted by Crippen LogP contribution is -2.35. The SMILES string of the molecule is Cc1cccc(CC2CCCCN2)n1. The lowest BCUT2D eigenvalue weighted by Gasteiger charge is -2.23. The topological polar surface area (TPSA) is 24.9 Å². The fourth-order valence-electron chi connectivity index (χ4n) is 2.06. The molecule has 1 aromatic heterocycles. The van der Waals surface area contributed by atoms with Crippen molar-refractivity contribution in [3.63, 3.8) is 0 Å². The van der Waals surface area contributed by atoms with Crippen LogP contribution in [0.25, 0.3) is 0 Å². The van der Waals surface area contributed by atoms with E-state index in [-0.39, 0.29) is 0 Å². The molecule has 2 rings (SSSR count). The Morgan fingerprint density at radius 2 is 2.36 bits per heavy atom. The zero-order chi connectivity index (χ0) is 9.80. The first-order valence-corrected chi connectivity index (χ1v) is 5.50. The maximum absolute atomic E-state index is 4.53. The van der Waals surface area contributed by atoms with E-state index in [4.69, 9.17) is 0 Å². The van der Waals surface area contributed by atoms with E-state index < -0.39 is 0 Å². The van der Waals surface area contributed by atoms with Crippen molar-refractivity contribution >= 4 is 0 Å². The van der Waals surface area contributed by atoms with Gasteiger partial charge in [0.05, 0.1) is 0 Å². The smallest absolute Gasteiger partial charge is 0.0422 e. The van der Waals surface area contributed by atoms with Gasteiger partial charge in [-0.2, -0.15) is 0 Å². The molecule has 1 aromatic rings. The summed E-state index contributed by atoms with van der Waals surface area (Å²) in [5, 5.41) is 3.55. The van der Waals surface area contributed by atoms with Crippen molar-refractivity contribution in [2.75, 3.05) is 6.54 Å². The summed E-state index contributed by atoms with van der Waals surface area (Å²) in [5.41, 5.74) is 2.35. The summed E-state index contributed by atoms with van der Waals surface area (Å²) in [6, 6.07) is 6.93. The molecular weight excluding hydrogens is 172 g/mol. The van der Waals surface area contributed by atoms with Crippen LogP contribution in [-0.4, -0.2) is 17.6 Å². The summed E-state index contributed by atoms with van der Waals surface area (Å²) < 4.78 is 0. The maximum atomic E-state index is 4.53. The summed E-state index contributed by atoms with van der Waals surface area (Å²) in [7, 11) is 0. The van der Waals surface area contributed by atoms with Crippen molar-refractivity contribution in [3.05, 3.63) is 29.6 Å². The van der Waals surface area contributed by atoms with E-state index in [1.165, 1.54) is 31.5 Å². The van der Waals surface area contributed by atoms with Gasteiger partial charge in [0.15, 0.2) is 0 Å². The highest BCUT2D eigenvalue weighted by Gasteiger charge is 2.13. The quantitative estimate of drug-likeness (QED) is 0.772. The molecule has 0 saturated carbocycles. The number of piperidine rings is 1. The number of nitrogens with one attached hydrogen (secondary N) is 1. The minimum Gasteiger partial charge on any atom is -0.314 e. The zero-order valence-corrected chi connectivity index (χ0v) is 8.79. The van der Waals surface area contributed by atoms with Crippen molar-refractivity contribution in [3.8, 4) is 0 Å². The Hall–Kier alpha value is -0.890. The molecule has 1 aliphatic heterocycles. The Bertz CT molecular complexity index is 290. The van der Waals surface area contributed by atoms with Crippen LogP contribution in [0, 0.1) is 6.92 Å². The van der Waals surface area contributed by atoms with Gasteiger partial charge in [0, 0.05) is 23.9 Å². The molecule has 2 nitrogen and oxygen atoms in total. The molecule has 0 aromatic carbocycles. The number of hydrogen-bond donors (Lipinski definition) is 1. The molecule has 0 bridgehead atoms. The molecule has 0 radical (unpaired) electrons. The van der Waals surface area contributed by atoms with Gasteiger partial charge in [-0.25, -0.2) is 0 Å². The van der Waals surface area contributed by atoms with Gasteiger partial charge in [0.2, 0.25) is 0 Å². The molecule has 0 aliphatic carbocycles. The summed E-state index contributed by atoms with van der Waals surface area (Å²) in [4.78, 5) is 4.53. The van der Waals surface area contributed by atoms with E-state index in [2.05, 4.69) is 35.4 Å². The summed E-state index contributed by atoms with van der Waals surface area (Å²) >= 11 is 0. The number of pyridine rings is 1. The average Bonchev–Trinajstić information content (AvgIpc) is 2.19. The largest absolute Gasteiger partial charge is 0.314 e. The molecule has 1 fully saturated rings. The zero-order valence-electron chi connectivity index (χ0n) is 8.79. The van der Waals surface area contributed by atoms with Crippen LogP contribution >= 0.6 is 0 Å². The van der Waals surface area contributed by atoms with E-state index in [1.54, 1.807) is 0 Å². The van der Waals surface area contributed by atoms with Crippen LogP contribution in [0.1, 0.15) is 30.7 Å². The first kappa shape index (κ1) is 9.66. The summed E-state index contributed by atoms with van der Waals surface area (Å²) in [6.45, 7) is 3.23. The standard InChI is InChI=1S/C12H18N2/c1-10-5-4-7-12(14-10)9-11-6-2-3-8-13-11/h4-5,7,11,13H,2-3,6,8-9H2,1H3. The maximum Gasteiger partial charge on any atom is 0.0422 e. The molecule has 1 unspecified atom stereocenters. The Morgan fingerprint density at radius 3 is 3.07 bits per heavy atom. The van der Waals surface area contributed by atoms with E-state index in [0.29, 0.717) is 6.04 Å². The molecule has 0 spiro atoms. The van der Waals surface area contributed by atoms with Gasteiger partial charge >= 0.3 is 0 Å². The van der Waals surface area contributed by atoms with Crippen LogP contribution in [0.5, 0.6) is 0 Å². The highest BCUT2D eigenvalue weighted by molar-refractivity contribution is 5.11. The minimum atomic E-state index is 0.651. The molecule has 1 aliphatic rings. The Balaban J connectivity index is 1.95. The fourth-order valence-corrected chi connectivity index (χ4v) is 2.06. The van der Waals surface area contributed by atoms with Crippen LogP contribution in [0.4, 0.5) is 0 Å². The van der Waals surface area contributed by atoms with Crippen LogP contribution < -0.4 is 5.32 Å². The molecule has 0 amide bonds. The Kier molecular flexibility index (Phi) is 3.14. The fraction of sp³-hybridized carbons (Fsp3) is 0.583. The molecule has 1 N–H and O–H groups in total. The third-order valence-electron chi connectivity index (χ3n) is 2.81.